The largest absolute Gasteiger partial charge is 0.488 e. The van der Waals surface area contributed by atoms with Gasteiger partial charge in [-0.25, -0.2) is 0 Å². The van der Waals surface area contributed by atoms with Crippen molar-refractivity contribution in [2.45, 2.75) is 13.5 Å². The average molecular weight is 443 g/mol. The van der Waals surface area contributed by atoms with Gasteiger partial charge in [-0.05, 0) is 53.6 Å². The fourth-order valence-electron chi connectivity index (χ4n) is 3.02. The number of ether oxygens (including phenoxy) is 1. The van der Waals surface area contributed by atoms with Gasteiger partial charge in [-0.15, -0.1) is 0 Å². The summed E-state index contributed by atoms with van der Waals surface area (Å²) in [7, 11) is 0. The predicted octanol–water partition coefficient (Wildman–Crippen LogP) is 6.74. The minimum absolute atomic E-state index is 0.230. The van der Waals surface area contributed by atoms with Crippen molar-refractivity contribution in [3.8, 4) is 5.75 Å². The molecule has 1 amide bonds. The number of carbonyl (C=O) groups excluding carboxylic acids is 1. The van der Waals surface area contributed by atoms with Gasteiger partial charge in [0.15, 0.2) is 0 Å². The van der Waals surface area contributed by atoms with Crippen LogP contribution in [0.1, 0.15) is 21.5 Å². The Balaban J connectivity index is 1.69. The number of benzene rings is 2. The van der Waals surface area contributed by atoms with E-state index in [1.54, 1.807) is 41.8 Å². The summed E-state index contributed by atoms with van der Waals surface area (Å²) in [6.07, 6.45) is 1.74. The van der Waals surface area contributed by atoms with Crippen molar-refractivity contribution >= 4 is 57.0 Å². The topological polar surface area (TPSA) is 51.2 Å². The highest BCUT2D eigenvalue weighted by atomic mass is 35.5. The molecule has 2 heterocycles. The Kier molecular flexibility index (Phi) is 5.72. The van der Waals surface area contributed by atoms with E-state index in [1.165, 1.54) is 0 Å². The number of para-hydroxylation sites is 1. The highest BCUT2D eigenvalue weighted by Crippen LogP contribution is 2.33. The second-order valence-corrected chi connectivity index (χ2v) is 8.04. The van der Waals surface area contributed by atoms with Crippen LogP contribution in [0.25, 0.3) is 10.9 Å². The molecule has 1 N–H and O–H groups in total. The summed E-state index contributed by atoms with van der Waals surface area (Å²) in [6, 6.07) is 12.5. The summed E-state index contributed by atoms with van der Waals surface area (Å²) in [5.74, 6) is 0.351. The maximum absolute atomic E-state index is 12.8. The van der Waals surface area contributed by atoms with E-state index in [1.807, 2.05) is 30.5 Å². The van der Waals surface area contributed by atoms with Crippen LogP contribution in [0, 0.1) is 6.92 Å². The van der Waals surface area contributed by atoms with Crippen molar-refractivity contribution < 1.29 is 9.53 Å². The zero-order chi connectivity index (χ0) is 20.4. The van der Waals surface area contributed by atoms with E-state index in [9.17, 15) is 4.79 Å². The molecule has 146 valence electrons. The number of aryl methyl sites for hydroxylation is 1. The predicted molar refractivity (Wildman–Crippen MR) is 120 cm³/mol. The van der Waals surface area contributed by atoms with Crippen molar-refractivity contribution in [1.82, 2.24) is 4.98 Å². The van der Waals surface area contributed by atoms with Gasteiger partial charge in [0.2, 0.25) is 0 Å². The van der Waals surface area contributed by atoms with Crippen molar-refractivity contribution in [1.29, 1.82) is 0 Å². The fourth-order valence-corrected chi connectivity index (χ4v) is 4.24. The summed E-state index contributed by atoms with van der Waals surface area (Å²) in [6.45, 7) is 2.42. The average Bonchev–Trinajstić information content (AvgIpc) is 3.21. The lowest BCUT2D eigenvalue weighted by Crippen LogP contribution is -2.13. The normalized spacial score (nSPS) is 10.9. The van der Waals surface area contributed by atoms with E-state index in [4.69, 9.17) is 27.9 Å². The lowest BCUT2D eigenvalue weighted by molar-refractivity contribution is 0.102. The maximum Gasteiger partial charge on any atom is 0.258 e. The number of hydrogen-bond donors (Lipinski definition) is 1. The van der Waals surface area contributed by atoms with Crippen LogP contribution in [0.5, 0.6) is 5.75 Å². The number of fused-ring (bicyclic) bond motifs is 1. The molecule has 0 saturated carbocycles. The van der Waals surface area contributed by atoms with Crippen molar-refractivity contribution in [3.63, 3.8) is 0 Å². The molecule has 0 atom stereocenters. The molecule has 7 heteroatoms. The third-order valence-electron chi connectivity index (χ3n) is 4.43. The van der Waals surface area contributed by atoms with Gasteiger partial charge >= 0.3 is 0 Å². The van der Waals surface area contributed by atoms with Gasteiger partial charge in [-0.3, -0.25) is 9.78 Å². The number of aromatic nitrogens is 1. The number of carbonyl (C=O) groups is 1. The van der Waals surface area contributed by atoms with Gasteiger partial charge in [-0.1, -0.05) is 35.3 Å². The Morgan fingerprint density at radius 2 is 1.90 bits per heavy atom. The standard InChI is InChI=1S/C22H16Cl2N2O2S/c1-13-10-25-20-15(21(13)28-11-14-8-9-29-12-14)4-2-7-18(20)26-22(27)19-16(23)5-3-6-17(19)24/h2-10,12H,11H2,1H3,(H,26,27). The number of halogens is 2. The molecule has 0 fully saturated rings. The third-order valence-corrected chi connectivity index (χ3v) is 5.79. The molecule has 0 aliphatic heterocycles. The molecule has 0 aliphatic rings. The molecule has 0 unspecified atom stereocenters. The molecule has 0 saturated heterocycles. The number of nitrogens with zero attached hydrogens (tertiary/aromatic N) is 1. The van der Waals surface area contributed by atoms with Gasteiger partial charge in [0.1, 0.15) is 12.4 Å². The molecule has 4 aromatic rings. The van der Waals surface area contributed by atoms with Crippen LogP contribution in [-0.2, 0) is 6.61 Å². The third kappa shape index (κ3) is 4.08. The first-order valence-electron chi connectivity index (χ1n) is 8.82. The maximum atomic E-state index is 12.8. The van der Waals surface area contributed by atoms with E-state index >= 15 is 0 Å². The molecule has 0 spiro atoms. The monoisotopic (exact) mass is 442 g/mol. The van der Waals surface area contributed by atoms with Gasteiger partial charge in [-0.2, -0.15) is 11.3 Å². The van der Waals surface area contributed by atoms with Crippen LogP contribution in [0.15, 0.2) is 59.4 Å². The van der Waals surface area contributed by atoms with Gasteiger partial charge in [0.25, 0.3) is 5.91 Å². The van der Waals surface area contributed by atoms with Crippen LogP contribution in [0.3, 0.4) is 0 Å². The number of nitrogens with one attached hydrogen (secondary N) is 1. The van der Waals surface area contributed by atoms with Crippen LogP contribution in [0.4, 0.5) is 5.69 Å². The Labute approximate surface area is 182 Å². The van der Waals surface area contributed by atoms with Crippen LogP contribution >= 0.6 is 34.5 Å². The fraction of sp³-hybridized carbons (Fsp3) is 0.0909. The number of anilines is 1. The smallest absolute Gasteiger partial charge is 0.258 e. The van der Waals surface area contributed by atoms with E-state index in [0.29, 0.717) is 27.9 Å². The van der Waals surface area contributed by atoms with Crippen molar-refractivity contribution in [3.05, 3.63) is 86.2 Å². The minimum atomic E-state index is -0.392. The number of hydrogen-bond acceptors (Lipinski definition) is 4. The molecule has 4 rings (SSSR count). The second kappa shape index (κ2) is 8.41. The van der Waals surface area contributed by atoms with Gasteiger partial charge in [0.05, 0.1) is 26.8 Å². The van der Waals surface area contributed by atoms with Gasteiger partial charge in [0, 0.05) is 17.1 Å². The molecule has 0 radical (unpaired) electrons. The Bertz CT molecular complexity index is 1170. The van der Waals surface area contributed by atoms with Gasteiger partial charge < -0.3 is 10.1 Å². The van der Waals surface area contributed by atoms with E-state index in [0.717, 1.165) is 22.3 Å². The minimum Gasteiger partial charge on any atom is -0.488 e. The number of amides is 1. The molecular formula is C22H16Cl2N2O2S. The molecule has 2 aromatic carbocycles. The lowest BCUT2D eigenvalue weighted by atomic mass is 10.1. The highest BCUT2D eigenvalue weighted by Gasteiger charge is 2.17. The molecule has 29 heavy (non-hydrogen) atoms. The van der Waals surface area contributed by atoms with E-state index in [2.05, 4.69) is 15.7 Å². The summed E-state index contributed by atoms with van der Waals surface area (Å²) < 4.78 is 6.09. The Morgan fingerprint density at radius 3 is 2.62 bits per heavy atom. The van der Waals surface area contributed by atoms with E-state index < -0.39 is 5.91 Å². The first-order chi connectivity index (χ1) is 14.0. The highest BCUT2D eigenvalue weighted by molar-refractivity contribution is 7.07. The zero-order valence-electron chi connectivity index (χ0n) is 15.4. The first kappa shape index (κ1) is 19.7. The Hall–Kier alpha value is -2.60. The zero-order valence-corrected chi connectivity index (χ0v) is 17.7. The number of thiophene rings is 1. The summed E-state index contributed by atoms with van der Waals surface area (Å²) in [5.41, 5.74) is 3.45. The first-order valence-corrected chi connectivity index (χ1v) is 10.5. The van der Waals surface area contributed by atoms with Crippen molar-refractivity contribution in [2.75, 3.05) is 5.32 Å². The summed E-state index contributed by atoms with van der Waals surface area (Å²) in [5, 5.41) is 8.35. The van der Waals surface area contributed by atoms with Crippen LogP contribution in [-0.4, -0.2) is 10.9 Å². The van der Waals surface area contributed by atoms with Crippen molar-refractivity contribution in [2.24, 2.45) is 0 Å². The number of pyridine rings is 1. The lowest BCUT2D eigenvalue weighted by Gasteiger charge is -2.14. The van der Waals surface area contributed by atoms with Crippen LogP contribution < -0.4 is 10.1 Å². The van der Waals surface area contributed by atoms with E-state index in [-0.39, 0.29) is 5.56 Å². The molecular weight excluding hydrogens is 427 g/mol. The van der Waals surface area contributed by atoms with Crippen LogP contribution in [0.2, 0.25) is 10.0 Å². The summed E-state index contributed by atoms with van der Waals surface area (Å²) in [4.78, 5) is 17.3. The molecule has 0 bridgehead atoms. The molecule has 2 aromatic heterocycles. The summed E-state index contributed by atoms with van der Waals surface area (Å²) >= 11 is 14.0. The molecule has 0 aliphatic carbocycles. The second-order valence-electron chi connectivity index (χ2n) is 6.44. The quantitative estimate of drug-likeness (QED) is 0.372. The Morgan fingerprint density at radius 1 is 1.14 bits per heavy atom. The number of rotatable bonds is 5. The molecule has 4 nitrogen and oxygen atoms in total. The SMILES string of the molecule is Cc1cnc2c(NC(=O)c3c(Cl)cccc3Cl)cccc2c1OCc1ccsc1.